The number of urea groups is 1. The highest BCUT2D eigenvalue weighted by atomic mass is 35.5. The molecular weight excluding hydrogens is 320 g/mol. The molecule has 0 aliphatic carbocycles. The number of rotatable bonds is 5. The lowest BCUT2D eigenvalue weighted by Gasteiger charge is -2.33. The molecule has 0 bridgehead atoms. The van der Waals surface area contributed by atoms with Crippen molar-refractivity contribution >= 4 is 23.6 Å². The van der Waals surface area contributed by atoms with Crippen molar-refractivity contribution in [1.82, 2.24) is 10.2 Å². The molecule has 6 nitrogen and oxygen atoms in total. The predicted molar refractivity (Wildman–Crippen MR) is 86.0 cm³/mol. The Labute approximate surface area is 140 Å². The second kappa shape index (κ2) is 7.48. The van der Waals surface area contributed by atoms with E-state index in [1.165, 1.54) is 12.0 Å². The fourth-order valence-electron chi connectivity index (χ4n) is 2.30. The van der Waals surface area contributed by atoms with Crippen LogP contribution in [0.15, 0.2) is 35.5 Å². The zero-order valence-electron chi connectivity index (χ0n) is 13.3. The van der Waals surface area contributed by atoms with E-state index in [-0.39, 0.29) is 12.6 Å². The van der Waals surface area contributed by atoms with Gasteiger partial charge in [0, 0.05) is 24.9 Å². The zero-order chi connectivity index (χ0) is 17.0. The van der Waals surface area contributed by atoms with Gasteiger partial charge in [0.25, 0.3) is 0 Å². The van der Waals surface area contributed by atoms with Gasteiger partial charge >= 0.3 is 12.0 Å². The van der Waals surface area contributed by atoms with E-state index >= 15 is 0 Å². The van der Waals surface area contributed by atoms with Gasteiger partial charge in [-0.2, -0.15) is 0 Å². The van der Waals surface area contributed by atoms with E-state index in [4.69, 9.17) is 21.1 Å². The van der Waals surface area contributed by atoms with Crippen LogP contribution in [0.25, 0.3) is 0 Å². The Morgan fingerprint density at radius 3 is 2.57 bits per heavy atom. The van der Waals surface area contributed by atoms with Crippen molar-refractivity contribution in [3.63, 3.8) is 0 Å². The average Bonchev–Trinajstić information content (AvgIpc) is 2.53. The van der Waals surface area contributed by atoms with Crippen LogP contribution < -0.4 is 5.32 Å². The number of nitrogens with one attached hydrogen (secondary N) is 1. The number of amides is 2. The number of hydrogen-bond acceptors (Lipinski definition) is 4. The Bertz CT molecular complexity index is 627. The van der Waals surface area contributed by atoms with Crippen LogP contribution >= 0.6 is 11.6 Å². The van der Waals surface area contributed by atoms with E-state index in [2.05, 4.69) is 5.32 Å². The topological polar surface area (TPSA) is 67.9 Å². The summed E-state index contributed by atoms with van der Waals surface area (Å²) in [5.74, 6) is -0.480. The third kappa shape index (κ3) is 3.83. The molecule has 0 aromatic heterocycles. The second-order valence-electron chi connectivity index (χ2n) is 5.12. The summed E-state index contributed by atoms with van der Waals surface area (Å²) < 4.78 is 10.1. The maximum absolute atomic E-state index is 12.4. The molecule has 1 aromatic rings. The summed E-state index contributed by atoms with van der Waals surface area (Å²) in [6.07, 6.45) is 0. The maximum Gasteiger partial charge on any atom is 0.338 e. The molecule has 23 heavy (non-hydrogen) atoms. The molecule has 1 heterocycles. The number of nitrogens with zero attached hydrogens (tertiary/aromatic N) is 1. The van der Waals surface area contributed by atoms with Crippen LogP contribution in [0.5, 0.6) is 0 Å². The van der Waals surface area contributed by atoms with E-state index in [1.54, 1.807) is 38.2 Å². The van der Waals surface area contributed by atoms with E-state index < -0.39 is 12.0 Å². The maximum atomic E-state index is 12.4. The van der Waals surface area contributed by atoms with Gasteiger partial charge in [-0.3, -0.25) is 0 Å². The first-order valence-corrected chi connectivity index (χ1v) is 7.50. The van der Waals surface area contributed by atoms with E-state index in [1.807, 2.05) is 0 Å². The minimum Gasteiger partial charge on any atom is -0.460 e. The second-order valence-corrected chi connectivity index (χ2v) is 5.56. The van der Waals surface area contributed by atoms with Gasteiger partial charge < -0.3 is 19.7 Å². The lowest BCUT2D eigenvalue weighted by molar-refractivity contribution is -0.140. The Kier molecular flexibility index (Phi) is 5.63. The lowest BCUT2D eigenvalue weighted by atomic mass is 9.95. The number of carbonyl (C=O) groups is 2. The first-order valence-electron chi connectivity index (χ1n) is 7.12. The fourth-order valence-corrected chi connectivity index (χ4v) is 2.43. The molecule has 1 atom stereocenters. The van der Waals surface area contributed by atoms with Crippen LogP contribution in [0.4, 0.5) is 4.79 Å². The quantitative estimate of drug-likeness (QED) is 0.661. The normalized spacial score (nSPS) is 18.0. The SMILES string of the molecule is COCCOC(=O)C1=C(C)N(C)C(=O)N[C@H]1c1ccc(Cl)cc1. The molecule has 0 radical (unpaired) electrons. The third-order valence-corrected chi connectivity index (χ3v) is 3.95. The molecule has 2 rings (SSSR count). The highest BCUT2D eigenvalue weighted by molar-refractivity contribution is 6.30. The van der Waals surface area contributed by atoms with Gasteiger partial charge in [-0.15, -0.1) is 0 Å². The van der Waals surface area contributed by atoms with Crippen LogP contribution in [-0.4, -0.2) is 44.3 Å². The van der Waals surface area contributed by atoms with Crippen LogP contribution in [-0.2, 0) is 14.3 Å². The van der Waals surface area contributed by atoms with Crippen molar-refractivity contribution in [3.05, 3.63) is 46.1 Å². The van der Waals surface area contributed by atoms with E-state index in [9.17, 15) is 9.59 Å². The van der Waals surface area contributed by atoms with Crippen molar-refractivity contribution in [2.24, 2.45) is 0 Å². The van der Waals surface area contributed by atoms with Gasteiger partial charge in [0.2, 0.25) is 0 Å². The number of ether oxygens (including phenoxy) is 2. The van der Waals surface area contributed by atoms with Gasteiger partial charge in [-0.1, -0.05) is 23.7 Å². The molecule has 1 aliphatic rings. The van der Waals surface area contributed by atoms with Crippen molar-refractivity contribution in [3.8, 4) is 0 Å². The van der Waals surface area contributed by atoms with E-state index in [0.717, 1.165) is 5.56 Å². The number of benzene rings is 1. The summed E-state index contributed by atoms with van der Waals surface area (Å²) in [5, 5.41) is 3.39. The van der Waals surface area contributed by atoms with Crippen LogP contribution in [0, 0.1) is 0 Å². The molecule has 1 N–H and O–H groups in total. The number of hydrogen-bond donors (Lipinski definition) is 1. The Hall–Kier alpha value is -2.05. The van der Waals surface area contributed by atoms with Crippen LogP contribution in [0.1, 0.15) is 18.5 Å². The molecule has 0 spiro atoms. The number of halogens is 1. The molecule has 1 aliphatic heterocycles. The molecule has 0 fully saturated rings. The van der Waals surface area contributed by atoms with Gasteiger partial charge in [-0.05, 0) is 24.6 Å². The van der Waals surface area contributed by atoms with Crippen molar-refractivity contribution < 1.29 is 19.1 Å². The Balaban J connectivity index is 2.35. The van der Waals surface area contributed by atoms with Gasteiger partial charge in [0.15, 0.2) is 0 Å². The smallest absolute Gasteiger partial charge is 0.338 e. The first kappa shape index (κ1) is 17.3. The fraction of sp³-hybridized carbons (Fsp3) is 0.375. The van der Waals surface area contributed by atoms with Crippen molar-refractivity contribution in [2.45, 2.75) is 13.0 Å². The summed E-state index contributed by atoms with van der Waals surface area (Å²) in [4.78, 5) is 25.9. The summed E-state index contributed by atoms with van der Waals surface area (Å²) in [6, 6.07) is 6.11. The lowest BCUT2D eigenvalue weighted by Crippen LogP contribution is -2.46. The van der Waals surface area contributed by atoms with Crippen molar-refractivity contribution in [1.29, 1.82) is 0 Å². The van der Waals surface area contributed by atoms with Crippen LogP contribution in [0.3, 0.4) is 0 Å². The number of methoxy groups -OCH3 is 1. The minimum absolute atomic E-state index is 0.150. The average molecular weight is 339 g/mol. The van der Waals surface area contributed by atoms with E-state index in [0.29, 0.717) is 22.9 Å². The van der Waals surface area contributed by atoms with Gasteiger partial charge in [-0.25, -0.2) is 9.59 Å². The van der Waals surface area contributed by atoms with Crippen LogP contribution in [0.2, 0.25) is 5.02 Å². The number of allylic oxidation sites excluding steroid dienone is 1. The molecule has 2 amide bonds. The first-order chi connectivity index (χ1) is 11.0. The zero-order valence-corrected chi connectivity index (χ0v) is 14.0. The van der Waals surface area contributed by atoms with Crippen molar-refractivity contribution in [2.75, 3.05) is 27.4 Å². The predicted octanol–water partition coefficient (Wildman–Crippen LogP) is 2.50. The number of carbonyl (C=O) groups excluding carboxylic acids is 2. The molecule has 0 saturated heterocycles. The monoisotopic (exact) mass is 338 g/mol. The number of esters is 1. The van der Waals surface area contributed by atoms with Gasteiger partial charge in [0.05, 0.1) is 18.2 Å². The molecule has 1 aromatic carbocycles. The molecule has 124 valence electrons. The summed E-state index contributed by atoms with van der Waals surface area (Å²) >= 11 is 5.90. The summed E-state index contributed by atoms with van der Waals surface area (Å²) in [5.41, 5.74) is 1.70. The highest BCUT2D eigenvalue weighted by Crippen LogP contribution is 2.31. The molecule has 0 saturated carbocycles. The standard InChI is InChI=1S/C16H19ClN2O4/c1-10-13(15(20)23-9-8-22-3)14(18-16(21)19(10)2)11-4-6-12(17)7-5-11/h4-7,14H,8-9H2,1-3H3,(H,18,21)/t14-/m0/s1. The molecular formula is C16H19ClN2O4. The minimum atomic E-state index is -0.578. The van der Waals surface area contributed by atoms with Gasteiger partial charge in [0.1, 0.15) is 6.61 Å². The summed E-state index contributed by atoms with van der Waals surface area (Å²) in [6.45, 7) is 2.18. The largest absolute Gasteiger partial charge is 0.460 e. The Morgan fingerprint density at radius 1 is 1.30 bits per heavy atom. The third-order valence-electron chi connectivity index (χ3n) is 3.70. The molecule has 7 heteroatoms. The Morgan fingerprint density at radius 2 is 1.96 bits per heavy atom. The summed E-state index contributed by atoms with van der Waals surface area (Å²) in [7, 11) is 3.13. The molecule has 0 unspecified atom stereocenters. The highest BCUT2D eigenvalue weighted by Gasteiger charge is 2.34.